The van der Waals surface area contributed by atoms with Gasteiger partial charge in [0.2, 0.25) is 0 Å². The van der Waals surface area contributed by atoms with E-state index in [1.165, 1.54) is 17.7 Å². The molecule has 110 valence electrons. The average molecular weight is 296 g/mol. The van der Waals surface area contributed by atoms with Crippen molar-refractivity contribution in [1.82, 2.24) is 15.2 Å². The SMILES string of the molecule is O=c1[nH][nH]c(=C2CC2)c1=Cc1cc2cc([N+](=O)[O-])ccc2[nH]1. The van der Waals surface area contributed by atoms with Crippen LogP contribution in [0.15, 0.2) is 29.1 Å². The number of fused-ring (bicyclic) bond motifs is 1. The Hall–Kier alpha value is -3.09. The monoisotopic (exact) mass is 296 g/mol. The zero-order chi connectivity index (χ0) is 15.3. The number of nitro benzene ring substituents is 1. The third-order valence-corrected chi connectivity index (χ3v) is 3.80. The Bertz CT molecular complexity index is 1080. The molecule has 3 aromatic rings. The van der Waals surface area contributed by atoms with Crippen LogP contribution in [-0.4, -0.2) is 20.1 Å². The molecular weight excluding hydrogens is 284 g/mol. The van der Waals surface area contributed by atoms with E-state index in [2.05, 4.69) is 15.2 Å². The van der Waals surface area contributed by atoms with Crippen LogP contribution in [0, 0.1) is 10.1 Å². The first-order valence-corrected chi connectivity index (χ1v) is 6.89. The molecule has 0 bridgehead atoms. The highest BCUT2D eigenvalue weighted by atomic mass is 16.6. The summed E-state index contributed by atoms with van der Waals surface area (Å²) in [6.45, 7) is 0. The number of H-pyrrole nitrogens is 3. The molecule has 7 nitrogen and oxygen atoms in total. The molecular formula is C15H12N4O3. The van der Waals surface area contributed by atoms with Gasteiger partial charge in [-0.1, -0.05) is 0 Å². The van der Waals surface area contributed by atoms with Gasteiger partial charge in [-0.05, 0) is 36.6 Å². The second kappa shape index (κ2) is 4.45. The smallest absolute Gasteiger partial charge is 0.271 e. The fraction of sp³-hybridized carbons (Fsp3) is 0.133. The first kappa shape index (κ1) is 12.6. The summed E-state index contributed by atoms with van der Waals surface area (Å²) in [6.07, 6.45) is 3.78. The third-order valence-electron chi connectivity index (χ3n) is 3.80. The second-order valence-electron chi connectivity index (χ2n) is 5.37. The normalized spacial score (nSPS) is 14.7. The lowest BCUT2D eigenvalue weighted by Gasteiger charge is -1.90. The van der Waals surface area contributed by atoms with Crippen LogP contribution in [0.1, 0.15) is 18.5 Å². The predicted octanol–water partition coefficient (Wildman–Crippen LogP) is 0.866. The first-order valence-electron chi connectivity index (χ1n) is 6.89. The molecule has 0 atom stereocenters. The van der Waals surface area contributed by atoms with E-state index in [1.54, 1.807) is 18.2 Å². The van der Waals surface area contributed by atoms with Crippen molar-refractivity contribution in [1.29, 1.82) is 0 Å². The molecule has 22 heavy (non-hydrogen) atoms. The van der Waals surface area contributed by atoms with E-state index < -0.39 is 4.92 Å². The molecule has 0 unspecified atom stereocenters. The van der Waals surface area contributed by atoms with E-state index in [1.807, 2.05) is 0 Å². The fourth-order valence-electron chi connectivity index (χ4n) is 2.59. The van der Waals surface area contributed by atoms with E-state index in [-0.39, 0.29) is 11.2 Å². The lowest BCUT2D eigenvalue weighted by Crippen LogP contribution is -2.33. The summed E-state index contributed by atoms with van der Waals surface area (Å²) in [5, 5.41) is 18.5. The first-order chi connectivity index (χ1) is 10.6. The molecule has 3 N–H and O–H groups in total. The molecule has 1 saturated carbocycles. The molecule has 2 aromatic heterocycles. The van der Waals surface area contributed by atoms with Gasteiger partial charge in [0, 0.05) is 28.7 Å². The molecule has 1 aromatic carbocycles. The molecule has 1 fully saturated rings. The molecule has 0 radical (unpaired) electrons. The Morgan fingerprint density at radius 1 is 1.18 bits per heavy atom. The molecule has 0 aliphatic heterocycles. The highest BCUT2D eigenvalue weighted by molar-refractivity contribution is 5.84. The number of nitro groups is 1. The average Bonchev–Trinajstić information content (AvgIpc) is 3.15. The summed E-state index contributed by atoms with van der Waals surface area (Å²) in [7, 11) is 0. The number of hydrogen-bond acceptors (Lipinski definition) is 3. The summed E-state index contributed by atoms with van der Waals surface area (Å²) >= 11 is 0. The largest absolute Gasteiger partial charge is 0.355 e. The lowest BCUT2D eigenvalue weighted by molar-refractivity contribution is -0.384. The molecule has 0 saturated heterocycles. The number of benzene rings is 1. The van der Waals surface area contributed by atoms with E-state index in [0.717, 1.165) is 34.8 Å². The molecule has 0 amide bonds. The quantitative estimate of drug-likeness (QED) is 0.482. The topological polar surface area (TPSA) is 108 Å². The van der Waals surface area contributed by atoms with Crippen molar-refractivity contribution in [2.45, 2.75) is 12.8 Å². The highest BCUT2D eigenvalue weighted by Crippen LogP contribution is 2.26. The zero-order valence-electron chi connectivity index (χ0n) is 11.5. The number of rotatable bonds is 2. The van der Waals surface area contributed by atoms with Gasteiger partial charge in [-0.15, -0.1) is 0 Å². The Labute approximate surface area is 123 Å². The Balaban J connectivity index is 1.91. The highest BCUT2D eigenvalue weighted by Gasteiger charge is 2.14. The minimum absolute atomic E-state index is 0.0479. The van der Waals surface area contributed by atoms with Crippen molar-refractivity contribution in [2.75, 3.05) is 0 Å². The van der Waals surface area contributed by atoms with Gasteiger partial charge in [-0.2, -0.15) is 0 Å². The van der Waals surface area contributed by atoms with Crippen molar-refractivity contribution in [3.05, 3.63) is 61.0 Å². The number of aromatic nitrogens is 3. The van der Waals surface area contributed by atoms with Crippen molar-refractivity contribution < 1.29 is 4.92 Å². The molecule has 4 rings (SSSR count). The number of aromatic amines is 3. The fourth-order valence-corrected chi connectivity index (χ4v) is 2.59. The van der Waals surface area contributed by atoms with Gasteiger partial charge < -0.3 is 4.98 Å². The van der Waals surface area contributed by atoms with Crippen molar-refractivity contribution in [3.63, 3.8) is 0 Å². The van der Waals surface area contributed by atoms with Crippen molar-refractivity contribution in [2.24, 2.45) is 0 Å². The van der Waals surface area contributed by atoms with Crippen LogP contribution in [0.5, 0.6) is 0 Å². The summed E-state index contributed by atoms with van der Waals surface area (Å²) < 4.78 is 0. The Kier molecular flexibility index (Phi) is 2.56. The van der Waals surface area contributed by atoms with Gasteiger partial charge in [0.25, 0.3) is 11.2 Å². The number of non-ortho nitro benzene ring substituents is 1. The number of nitrogens with one attached hydrogen (secondary N) is 3. The Morgan fingerprint density at radius 3 is 2.73 bits per heavy atom. The van der Waals surface area contributed by atoms with Crippen LogP contribution in [-0.2, 0) is 0 Å². The molecule has 7 heteroatoms. The van der Waals surface area contributed by atoms with Gasteiger partial charge in [0.1, 0.15) is 0 Å². The van der Waals surface area contributed by atoms with E-state index in [9.17, 15) is 14.9 Å². The van der Waals surface area contributed by atoms with E-state index in [0.29, 0.717) is 5.22 Å². The zero-order valence-corrected chi connectivity index (χ0v) is 11.5. The minimum atomic E-state index is -0.422. The van der Waals surface area contributed by atoms with Crippen LogP contribution in [0.2, 0.25) is 0 Å². The standard InChI is InChI=1S/C15H12N4O3/c20-15-12(14(17-18-15)8-1-2-8)7-10-5-9-6-11(19(21)22)3-4-13(9)16-10/h3-7,16-17H,1-2H2,(H,18,20). The van der Waals surface area contributed by atoms with Gasteiger partial charge in [0.05, 0.1) is 15.5 Å². The maximum atomic E-state index is 11.9. The third kappa shape index (κ3) is 2.03. The number of nitrogens with zero attached hydrogens (tertiary/aromatic N) is 1. The van der Waals surface area contributed by atoms with Crippen molar-refractivity contribution in [3.8, 4) is 0 Å². The Morgan fingerprint density at radius 2 is 2.00 bits per heavy atom. The second-order valence-corrected chi connectivity index (χ2v) is 5.37. The predicted molar refractivity (Wildman–Crippen MR) is 81.8 cm³/mol. The van der Waals surface area contributed by atoms with E-state index in [4.69, 9.17) is 0 Å². The maximum absolute atomic E-state index is 11.9. The van der Waals surface area contributed by atoms with Crippen LogP contribution >= 0.6 is 0 Å². The van der Waals surface area contributed by atoms with Crippen LogP contribution in [0.4, 0.5) is 5.69 Å². The van der Waals surface area contributed by atoms with Crippen LogP contribution in [0.25, 0.3) is 22.6 Å². The van der Waals surface area contributed by atoms with Crippen LogP contribution in [0.3, 0.4) is 0 Å². The van der Waals surface area contributed by atoms with Crippen molar-refractivity contribution >= 4 is 28.2 Å². The maximum Gasteiger partial charge on any atom is 0.271 e. The summed E-state index contributed by atoms with van der Waals surface area (Å²) in [5.74, 6) is 0. The molecule has 2 heterocycles. The number of hydrogen-bond donors (Lipinski definition) is 3. The summed E-state index contributed by atoms with van der Waals surface area (Å²) in [4.78, 5) is 25.5. The summed E-state index contributed by atoms with van der Waals surface area (Å²) in [6, 6.07) is 6.44. The molecule has 0 spiro atoms. The lowest BCUT2D eigenvalue weighted by atomic mass is 10.2. The summed E-state index contributed by atoms with van der Waals surface area (Å²) in [5.41, 5.74) is 2.65. The minimum Gasteiger partial charge on any atom is -0.355 e. The van der Waals surface area contributed by atoms with E-state index >= 15 is 0 Å². The van der Waals surface area contributed by atoms with Crippen LogP contribution < -0.4 is 16.1 Å². The van der Waals surface area contributed by atoms with Gasteiger partial charge in [0.15, 0.2) is 0 Å². The molecule has 1 aliphatic carbocycles. The van der Waals surface area contributed by atoms with Gasteiger partial charge in [-0.3, -0.25) is 25.1 Å². The molecule has 1 aliphatic rings. The van der Waals surface area contributed by atoms with Gasteiger partial charge in [-0.25, -0.2) is 0 Å². The van der Waals surface area contributed by atoms with Gasteiger partial charge >= 0.3 is 0 Å².